The predicted molar refractivity (Wildman–Crippen MR) is 87.4 cm³/mol. The van der Waals surface area contributed by atoms with Crippen LogP contribution in [0.1, 0.15) is 28.8 Å². The van der Waals surface area contributed by atoms with Gasteiger partial charge in [0.1, 0.15) is 5.39 Å². The predicted octanol–water partition coefficient (Wildman–Crippen LogP) is 2.80. The van der Waals surface area contributed by atoms with Gasteiger partial charge >= 0.3 is 5.97 Å². The van der Waals surface area contributed by atoms with E-state index >= 15 is 0 Å². The van der Waals surface area contributed by atoms with Crippen LogP contribution in [0.2, 0.25) is 0 Å². The zero-order valence-electron chi connectivity index (χ0n) is 13.4. The molecule has 0 fully saturated rings. The SMILES string of the molecule is CCOC(=O)c1nc(N2CCc3ccccc32)c2c(C)noc2n1. The Kier molecular flexibility index (Phi) is 3.41. The molecule has 0 spiro atoms. The summed E-state index contributed by atoms with van der Waals surface area (Å²) in [5, 5.41) is 4.70. The van der Waals surface area contributed by atoms with Gasteiger partial charge < -0.3 is 14.2 Å². The Bertz CT molecular complexity index is 935. The van der Waals surface area contributed by atoms with Crippen molar-refractivity contribution in [2.24, 2.45) is 0 Å². The van der Waals surface area contributed by atoms with Gasteiger partial charge in [0.2, 0.25) is 5.82 Å². The fourth-order valence-electron chi connectivity index (χ4n) is 3.01. The third-order valence-electron chi connectivity index (χ3n) is 4.09. The van der Waals surface area contributed by atoms with Gasteiger partial charge in [-0.3, -0.25) is 0 Å². The first-order chi connectivity index (χ1) is 11.7. The monoisotopic (exact) mass is 324 g/mol. The van der Waals surface area contributed by atoms with E-state index in [1.807, 2.05) is 25.1 Å². The van der Waals surface area contributed by atoms with Crippen molar-refractivity contribution in [1.82, 2.24) is 15.1 Å². The van der Waals surface area contributed by atoms with Crippen molar-refractivity contribution in [3.63, 3.8) is 0 Å². The Morgan fingerprint density at radius 3 is 3.00 bits per heavy atom. The maximum atomic E-state index is 12.1. The average Bonchev–Trinajstić information content (AvgIpc) is 3.18. The van der Waals surface area contributed by atoms with E-state index in [9.17, 15) is 4.79 Å². The summed E-state index contributed by atoms with van der Waals surface area (Å²) in [7, 11) is 0. The number of hydrogen-bond donors (Lipinski definition) is 0. The summed E-state index contributed by atoms with van der Waals surface area (Å²) in [4.78, 5) is 22.8. The zero-order valence-corrected chi connectivity index (χ0v) is 13.4. The molecule has 0 radical (unpaired) electrons. The molecule has 7 nitrogen and oxygen atoms in total. The molecule has 3 aromatic rings. The molecule has 122 valence electrons. The second-order valence-electron chi connectivity index (χ2n) is 5.57. The van der Waals surface area contributed by atoms with Crippen LogP contribution in [-0.4, -0.2) is 34.2 Å². The van der Waals surface area contributed by atoms with Gasteiger partial charge in [0.05, 0.1) is 12.3 Å². The standard InChI is InChI=1S/C17H16N4O3/c1-3-23-17(22)14-18-15(13-10(2)20-24-16(13)19-14)21-9-8-11-6-4-5-7-12(11)21/h4-7H,3,8-9H2,1-2H3. The number of anilines is 2. The van der Waals surface area contributed by atoms with Crippen LogP contribution in [0.15, 0.2) is 28.8 Å². The first-order valence-corrected chi connectivity index (χ1v) is 7.85. The van der Waals surface area contributed by atoms with Crippen LogP contribution < -0.4 is 4.90 Å². The maximum absolute atomic E-state index is 12.1. The lowest BCUT2D eigenvalue weighted by Gasteiger charge is -2.19. The molecule has 24 heavy (non-hydrogen) atoms. The lowest BCUT2D eigenvalue weighted by atomic mass is 10.2. The minimum absolute atomic E-state index is 0.0140. The number of benzene rings is 1. The minimum Gasteiger partial charge on any atom is -0.460 e. The summed E-state index contributed by atoms with van der Waals surface area (Å²) < 4.78 is 10.3. The molecule has 0 saturated heterocycles. The molecule has 0 saturated carbocycles. The van der Waals surface area contributed by atoms with E-state index in [1.165, 1.54) is 5.56 Å². The van der Waals surface area contributed by atoms with E-state index in [0.717, 1.165) is 24.0 Å². The maximum Gasteiger partial charge on any atom is 0.376 e. The van der Waals surface area contributed by atoms with Crippen LogP contribution in [0.4, 0.5) is 11.5 Å². The highest BCUT2D eigenvalue weighted by Gasteiger charge is 2.27. The van der Waals surface area contributed by atoms with E-state index in [0.29, 0.717) is 17.2 Å². The highest BCUT2D eigenvalue weighted by atomic mass is 16.5. The van der Waals surface area contributed by atoms with E-state index in [-0.39, 0.29) is 12.4 Å². The van der Waals surface area contributed by atoms with Crippen molar-refractivity contribution in [1.29, 1.82) is 0 Å². The van der Waals surface area contributed by atoms with Crippen molar-refractivity contribution in [2.75, 3.05) is 18.1 Å². The van der Waals surface area contributed by atoms with Gasteiger partial charge in [-0.1, -0.05) is 23.4 Å². The van der Waals surface area contributed by atoms with Crippen LogP contribution in [0.5, 0.6) is 0 Å². The number of carbonyl (C=O) groups excluding carboxylic acids is 1. The average molecular weight is 324 g/mol. The molecule has 0 aliphatic carbocycles. The normalized spacial score (nSPS) is 13.3. The van der Waals surface area contributed by atoms with Gasteiger partial charge in [0.25, 0.3) is 5.71 Å². The molecule has 1 aromatic carbocycles. The summed E-state index contributed by atoms with van der Waals surface area (Å²) in [6.07, 6.45) is 0.917. The number of esters is 1. The number of rotatable bonds is 3. The summed E-state index contributed by atoms with van der Waals surface area (Å²) in [6.45, 7) is 4.62. The Hall–Kier alpha value is -2.96. The first kappa shape index (κ1) is 14.6. The minimum atomic E-state index is -0.567. The Labute approximate surface area is 138 Å². The van der Waals surface area contributed by atoms with Crippen molar-refractivity contribution >= 4 is 28.6 Å². The van der Waals surface area contributed by atoms with Crippen molar-refractivity contribution < 1.29 is 14.1 Å². The summed E-state index contributed by atoms with van der Waals surface area (Å²) in [5.74, 6) is 0.0498. The largest absolute Gasteiger partial charge is 0.460 e. The molecule has 3 heterocycles. The lowest BCUT2D eigenvalue weighted by molar-refractivity contribution is 0.0512. The van der Waals surface area contributed by atoms with Crippen LogP contribution in [0.3, 0.4) is 0 Å². The highest BCUT2D eigenvalue weighted by Crippen LogP contribution is 2.37. The topological polar surface area (TPSA) is 81.4 Å². The molecule has 1 aliphatic rings. The van der Waals surface area contributed by atoms with Crippen LogP contribution in [0, 0.1) is 6.92 Å². The summed E-state index contributed by atoms with van der Waals surface area (Å²) in [5.41, 5.74) is 3.31. The Balaban J connectivity index is 1.91. The van der Waals surface area contributed by atoms with E-state index in [2.05, 4.69) is 26.1 Å². The third kappa shape index (κ3) is 2.20. The van der Waals surface area contributed by atoms with Gasteiger partial charge in [-0.15, -0.1) is 0 Å². The number of hydrogen-bond acceptors (Lipinski definition) is 7. The van der Waals surface area contributed by atoms with Gasteiger partial charge in [-0.25, -0.2) is 9.78 Å². The summed E-state index contributed by atoms with van der Waals surface area (Å²) >= 11 is 0. The van der Waals surface area contributed by atoms with E-state index in [1.54, 1.807) is 6.92 Å². The molecule has 7 heteroatoms. The Morgan fingerprint density at radius 2 is 2.17 bits per heavy atom. The first-order valence-electron chi connectivity index (χ1n) is 7.85. The van der Waals surface area contributed by atoms with Crippen LogP contribution >= 0.6 is 0 Å². The number of ether oxygens (including phenoxy) is 1. The fourth-order valence-corrected chi connectivity index (χ4v) is 3.01. The summed E-state index contributed by atoms with van der Waals surface area (Å²) in [6, 6.07) is 8.15. The molecule has 2 aromatic heterocycles. The van der Waals surface area contributed by atoms with Crippen LogP contribution in [0.25, 0.3) is 11.1 Å². The van der Waals surface area contributed by atoms with Gasteiger partial charge in [-0.2, -0.15) is 4.98 Å². The Morgan fingerprint density at radius 1 is 1.33 bits per heavy atom. The smallest absolute Gasteiger partial charge is 0.376 e. The van der Waals surface area contributed by atoms with Crippen LogP contribution in [-0.2, 0) is 11.2 Å². The van der Waals surface area contributed by atoms with Gasteiger partial charge in [0, 0.05) is 12.2 Å². The van der Waals surface area contributed by atoms with Gasteiger partial charge in [0.15, 0.2) is 5.82 Å². The number of para-hydroxylation sites is 1. The number of aromatic nitrogens is 3. The van der Waals surface area contributed by atoms with Crippen molar-refractivity contribution in [2.45, 2.75) is 20.3 Å². The molecule has 0 unspecified atom stereocenters. The molecule has 0 amide bonds. The third-order valence-corrected chi connectivity index (χ3v) is 4.09. The molecule has 0 atom stereocenters. The number of nitrogens with zero attached hydrogens (tertiary/aromatic N) is 4. The number of carbonyl (C=O) groups is 1. The molecular weight excluding hydrogens is 308 g/mol. The quantitative estimate of drug-likeness (QED) is 0.685. The molecular formula is C17H16N4O3. The van der Waals surface area contributed by atoms with E-state index in [4.69, 9.17) is 9.26 Å². The highest BCUT2D eigenvalue weighted by molar-refractivity contribution is 5.95. The number of fused-ring (bicyclic) bond motifs is 2. The molecule has 0 N–H and O–H groups in total. The van der Waals surface area contributed by atoms with Crippen molar-refractivity contribution in [3.05, 3.63) is 41.3 Å². The zero-order chi connectivity index (χ0) is 16.7. The molecule has 4 rings (SSSR count). The van der Waals surface area contributed by atoms with Gasteiger partial charge in [-0.05, 0) is 31.9 Å². The number of aryl methyl sites for hydroxylation is 1. The second kappa shape index (κ2) is 5.59. The van der Waals surface area contributed by atoms with Crippen molar-refractivity contribution in [3.8, 4) is 0 Å². The fraction of sp³-hybridized carbons (Fsp3) is 0.294. The molecule has 1 aliphatic heterocycles. The van der Waals surface area contributed by atoms with E-state index < -0.39 is 5.97 Å². The lowest BCUT2D eigenvalue weighted by Crippen LogP contribution is -2.18. The molecule has 0 bridgehead atoms. The second-order valence-corrected chi connectivity index (χ2v) is 5.57.